The Morgan fingerprint density at radius 2 is 2.06 bits per heavy atom. The van der Waals surface area contributed by atoms with Gasteiger partial charge in [-0.2, -0.15) is 5.10 Å². The molecule has 0 unspecified atom stereocenters. The van der Waals surface area contributed by atoms with Crippen LogP contribution in [0.25, 0.3) is 11.0 Å². The molecule has 0 saturated carbocycles. The summed E-state index contributed by atoms with van der Waals surface area (Å²) >= 11 is 3.67. The SMILES string of the molecule is Cn1ncc2c(N3CCC(Br)CC3)ncnc21. The van der Waals surface area contributed by atoms with Crippen molar-refractivity contribution < 1.29 is 0 Å². The number of nitrogens with zero attached hydrogens (tertiary/aromatic N) is 5. The fourth-order valence-corrected chi connectivity index (χ4v) is 2.67. The van der Waals surface area contributed by atoms with Gasteiger partial charge in [-0.1, -0.05) is 15.9 Å². The van der Waals surface area contributed by atoms with E-state index >= 15 is 0 Å². The van der Waals surface area contributed by atoms with Crippen molar-refractivity contribution in [1.82, 2.24) is 19.7 Å². The predicted octanol–water partition coefficient (Wildman–Crippen LogP) is 1.73. The summed E-state index contributed by atoms with van der Waals surface area (Å²) in [6.45, 7) is 2.08. The van der Waals surface area contributed by atoms with E-state index in [0.29, 0.717) is 4.83 Å². The molecule has 0 aromatic carbocycles. The summed E-state index contributed by atoms with van der Waals surface area (Å²) in [6, 6.07) is 0. The van der Waals surface area contributed by atoms with E-state index in [1.807, 2.05) is 13.2 Å². The third-order valence-electron chi connectivity index (χ3n) is 3.23. The van der Waals surface area contributed by atoms with Crippen molar-refractivity contribution in [3.8, 4) is 0 Å². The Balaban J connectivity index is 2.00. The van der Waals surface area contributed by atoms with Crippen molar-refractivity contribution >= 4 is 32.8 Å². The van der Waals surface area contributed by atoms with Gasteiger partial charge >= 0.3 is 0 Å². The number of piperidine rings is 1. The van der Waals surface area contributed by atoms with Crippen LogP contribution in [0.1, 0.15) is 12.8 Å². The average molecular weight is 296 g/mol. The van der Waals surface area contributed by atoms with Crippen molar-refractivity contribution in [2.24, 2.45) is 7.05 Å². The highest BCUT2D eigenvalue weighted by atomic mass is 79.9. The molecule has 1 saturated heterocycles. The lowest BCUT2D eigenvalue weighted by atomic mass is 10.1. The van der Waals surface area contributed by atoms with Gasteiger partial charge in [0.1, 0.15) is 12.1 Å². The Morgan fingerprint density at radius 3 is 2.82 bits per heavy atom. The Morgan fingerprint density at radius 1 is 1.29 bits per heavy atom. The molecule has 17 heavy (non-hydrogen) atoms. The molecule has 2 aromatic heterocycles. The van der Waals surface area contributed by atoms with Crippen molar-refractivity contribution in [1.29, 1.82) is 0 Å². The second-order valence-electron chi connectivity index (χ2n) is 4.36. The zero-order valence-corrected chi connectivity index (χ0v) is 11.3. The van der Waals surface area contributed by atoms with Crippen molar-refractivity contribution in [2.45, 2.75) is 17.7 Å². The Hall–Kier alpha value is -1.17. The summed E-state index contributed by atoms with van der Waals surface area (Å²) < 4.78 is 1.79. The highest BCUT2D eigenvalue weighted by molar-refractivity contribution is 9.09. The van der Waals surface area contributed by atoms with E-state index in [9.17, 15) is 0 Å². The minimum absolute atomic E-state index is 0.643. The number of aromatic nitrogens is 4. The van der Waals surface area contributed by atoms with Crippen LogP contribution in [-0.2, 0) is 7.05 Å². The van der Waals surface area contributed by atoms with Crippen molar-refractivity contribution in [3.63, 3.8) is 0 Å². The lowest BCUT2D eigenvalue weighted by molar-refractivity contribution is 0.593. The molecule has 1 aliphatic rings. The van der Waals surface area contributed by atoms with Gasteiger partial charge in [0.2, 0.25) is 0 Å². The number of anilines is 1. The van der Waals surface area contributed by atoms with E-state index in [2.05, 4.69) is 35.9 Å². The van der Waals surface area contributed by atoms with Gasteiger partial charge in [0.15, 0.2) is 5.65 Å². The first-order valence-corrected chi connectivity index (χ1v) is 6.69. The average Bonchev–Trinajstić information content (AvgIpc) is 2.73. The van der Waals surface area contributed by atoms with Crippen LogP contribution in [0.2, 0.25) is 0 Å². The number of alkyl halides is 1. The number of hydrogen-bond donors (Lipinski definition) is 0. The summed E-state index contributed by atoms with van der Waals surface area (Å²) in [4.78, 5) is 11.6. The molecule has 0 amide bonds. The van der Waals surface area contributed by atoms with E-state index in [-0.39, 0.29) is 0 Å². The van der Waals surface area contributed by atoms with E-state index in [4.69, 9.17) is 0 Å². The smallest absolute Gasteiger partial charge is 0.163 e. The van der Waals surface area contributed by atoms with Gasteiger partial charge in [0.05, 0.1) is 11.6 Å². The van der Waals surface area contributed by atoms with Gasteiger partial charge in [-0.05, 0) is 12.8 Å². The molecule has 6 heteroatoms. The van der Waals surface area contributed by atoms with E-state index in [0.717, 1.165) is 42.8 Å². The third-order valence-corrected chi connectivity index (χ3v) is 4.15. The van der Waals surface area contributed by atoms with Crippen LogP contribution in [0.3, 0.4) is 0 Å². The highest BCUT2D eigenvalue weighted by Crippen LogP contribution is 2.26. The number of fused-ring (bicyclic) bond motifs is 1. The minimum Gasteiger partial charge on any atom is -0.356 e. The van der Waals surface area contributed by atoms with Gasteiger partial charge in [0, 0.05) is 25.0 Å². The van der Waals surface area contributed by atoms with Crippen LogP contribution in [0, 0.1) is 0 Å². The zero-order chi connectivity index (χ0) is 11.8. The minimum atomic E-state index is 0.643. The molecule has 0 bridgehead atoms. The van der Waals surface area contributed by atoms with Gasteiger partial charge < -0.3 is 4.90 Å². The van der Waals surface area contributed by atoms with Crippen molar-refractivity contribution in [3.05, 3.63) is 12.5 Å². The molecular weight excluding hydrogens is 282 g/mol. The Labute approximate surface area is 108 Å². The summed E-state index contributed by atoms with van der Waals surface area (Å²) in [5.41, 5.74) is 0.899. The maximum atomic E-state index is 4.42. The van der Waals surface area contributed by atoms with Crippen LogP contribution in [0.4, 0.5) is 5.82 Å². The summed E-state index contributed by atoms with van der Waals surface area (Å²) in [5.74, 6) is 1.02. The molecule has 0 N–H and O–H groups in total. The Bertz CT molecular complexity index is 530. The second kappa shape index (κ2) is 4.25. The molecule has 5 nitrogen and oxygen atoms in total. The molecule has 1 fully saturated rings. The number of halogens is 1. The molecule has 1 aliphatic heterocycles. The maximum Gasteiger partial charge on any atom is 0.163 e. The normalized spacial score (nSPS) is 17.9. The molecule has 0 radical (unpaired) electrons. The first-order valence-electron chi connectivity index (χ1n) is 5.77. The van der Waals surface area contributed by atoms with Crippen LogP contribution < -0.4 is 4.90 Å². The molecule has 0 spiro atoms. The molecular formula is C11H14BrN5. The number of hydrogen-bond acceptors (Lipinski definition) is 4. The predicted molar refractivity (Wildman–Crippen MR) is 70.5 cm³/mol. The zero-order valence-electron chi connectivity index (χ0n) is 9.67. The van der Waals surface area contributed by atoms with Crippen LogP contribution in [-0.4, -0.2) is 37.7 Å². The molecule has 3 rings (SSSR count). The molecule has 90 valence electrons. The molecule has 0 aliphatic carbocycles. The van der Waals surface area contributed by atoms with Gasteiger partial charge in [-0.15, -0.1) is 0 Å². The second-order valence-corrected chi connectivity index (χ2v) is 5.66. The fourth-order valence-electron chi connectivity index (χ4n) is 2.26. The van der Waals surface area contributed by atoms with Gasteiger partial charge in [-0.3, -0.25) is 4.68 Å². The van der Waals surface area contributed by atoms with Crippen LogP contribution >= 0.6 is 15.9 Å². The van der Waals surface area contributed by atoms with Crippen molar-refractivity contribution in [2.75, 3.05) is 18.0 Å². The fraction of sp³-hybridized carbons (Fsp3) is 0.545. The summed E-state index contributed by atoms with van der Waals surface area (Å²) in [6.07, 6.45) is 5.79. The quantitative estimate of drug-likeness (QED) is 0.752. The van der Waals surface area contributed by atoms with Crippen LogP contribution in [0.5, 0.6) is 0 Å². The first kappa shape index (κ1) is 11.0. The lowest BCUT2D eigenvalue weighted by Gasteiger charge is -2.30. The van der Waals surface area contributed by atoms with Crippen LogP contribution in [0.15, 0.2) is 12.5 Å². The molecule has 0 atom stereocenters. The first-order chi connectivity index (χ1) is 8.25. The van der Waals surface area contributed by atoms with Gasteiger partial charge in [0.25, 0.3) is 0 Å². The molecule has 3 heterocycles. The topological polar surface area (TPSA) is 46.8 Å². The Kier molecular flexibility index (Phi) is 2.74. The van der Waals surface area contributed by atoms with E-state index in [1.165, 1.54) is 0 Å². The summed E-state index contributed by atoms with van der Waals surface area (Å²) in [7, 11) is 1.91. The number of aryl methyl sites for hydroxylation is 1. The largest absolute Gasteiger partial charge is 0.356 e. The maximum absolute atomic E-state index is 4.42. The standard InChI is InChI=1S/C11H14BrN5/c1-16-10-9(6-15-16)11(14-7-13-10)17-4-2-8(12)3-5-17/h6-8H,2-5H2,1H3. The van der Waals surface area contributed by atoms with E-state index < -0.39 is 0 Å². The van der Waals surface area contributed by atoms with Gasteiger partial charge in [-0.25, -0.2) is 9.97 Å². The highest BCUT2D eigenvalue weighted by Gasteiger charge is 2.20. The molecule has 2 aromatic rings. The summed E-state index contributed by atoms with van der Waals surface area (Å²) in [5, 5.41) is 5.29. The monoisotopic (exact) mass is 295 g/mol. The number of rotatable bonds is 1. The lowest BCUT2D eigenvalue weighted by Crippen LogP contribution is -2.34. The van der Waals surface area contributed by atoms with E-state index in [1.54, 1.807) is 11.0 Å². The third kappa shape index (κ3) is 1.90.